The number of imidazole rings is 1. The van der Waals surface area contributed by atoms with Gasteiger partial charge < -0.3 is 9.30 Å². The summed E-state index contributed by atoms with van der Waals surface area (Å²) in [5, 5.41) is 20.9. The molecule has 3 aromatic carbocycles. The summed E-state index contributed by atoms with van der Waals surface area (Å²) in [7, 11) is 0. The highest BCUT2D eigenvalue weighted by molar-refractivity contribution is 5.97. The van der Waals surface area contributed by atoms with Crippen molar-refractivity contribution in [3.63, 3.8) is 0 Å². The van der Waals surface area contributed by atoms with Crippen LogP contribution in [0, 0.1) is 22.7 Å². The van der Waals surface area contributed by atoms with Crippen LogP contribution in [-0.4, -0.2) is 14.5 Å². The molecule has 0 atom stereocenters. The third-order valence-corrected chi connectivity index (χ3v) is 5.67. The number of pyridine rings is 1. The molecule has 6 nitrogen and oxygen atoms in total. The topological polar surface area (TPSA) is 87.5 Å². The highest BCUT2D eigenvalue weighted by Crippen LogP contribution is 2.32. The molecular formula is C28H19N5O. The quantitative estimate of drug-likeness (QED) is 0.349. The molecule has 2 aromatic heterocycles. The SMILES string of the molecule is N#Cc1ccc(OCc2cncn2Cc2ccc(C#N)c(-c3cccc4ccccc34)c2)nc1. The maximum atomic E-state index is 9.75. The van der Waals surface area contributed by atoms with Gasteiger partial charge in [0.25, 0.3) is 0 Å². The standard InChI is InChI=1S/C28H19N5O/c29-13-21-9-11-28(32-15-21)34-18-24-16-31-19-33(24)17-20-8-10-23(14-30)27(12-20)26-7-3-5-22-4-1-2-6-25(22)26/h1-12,15-16,19H,17-18H2. The van der Waals surface area contributed by atoms with E-state index >= 15 is 0 Å². The third kappa shape index (κ3) is 4.21. The summed E-state index contributed by atoms with van der Waals surface area (Å²) < 4.78 is 7.79. The van der Waals surface area contributed by atoms with Crippen molar-refractivity contribution in [2.24, 2.45) is 0 Å². The van der Waals surface area contributed by atoms with Crippen molar-refractivity contribution < 1.29 is 4.74 Å². The molecule has 0 spiro atoms. The van der Waals surface area contributed by atoms with E-state index in [1.54, 1.807) is 24.7 Å². The third-order valence-electron chi connectivity index (χ3n) is 5.67. The molecule has 0 unspecified atom stereocenters. The largest absolute Gasteiger partial charge is 0.471 e. The predicted octanol–water partition coefficient (Wildman–Crippen LogP) is 5.47. The number of hydrogen-bond acceptors (Lipinski definition) is 5. The molecule has 0 saturated carbocycles. The number of fused-ring (bicyclic) bond motifs is 1. The van der Waals surface area contributed by atoms with E-state index in [2.05, 4.69) is 46.4 Å². The average molecular weight is 441 g/mol. The molecule has 0 fully saturated rings. The van der Waals surface area contributed by atoms with Gasteiger partial charge in [-0.15, -0.1) is 0 Å². The fourth-order valence-electron chi connectivity index (χ4n) is 3.96. The van der Waals surface area contributed by atoms with Gasteiger partial charge in [-0.2, -0.15) is 10.5 Å². The van der Waals surface area contributed by atoms with Gasteiger partial charge in [-0.05, 0) is 40.1 Å². The van der Waals surface area contributed by atoms with Crippen molar-refractivity contribution in [3.8, 4) is 29.1 Å². The zero-order valence-electron chi connectivity index (χ0n) is 18.2. The van der Waals surface area contributed by atoms with Gasteiger partial charge >= 0.3 is 0 Å². The Kier molecular flexibility index (Phi) is 5.71. The Hall–Kier alpha value is -4.94. The lowest BCUT2D eigenvalue weighted by Crippen LogP contribution is -2.07. The van der Waals surface area contributed by atoms with Crippen molar-refractivity contribution in [2.75, 3.05) is 0 Å². The van der Waals surface area contributed by atoms with Crippen LogP contribution in [0.4, 0.5) is 0 Å². The van der Waals surface area contributed by atoms with E-state index in [0.29, 0.717) is 30.2 Å². The monoisotopic (exact) mass is 441 g/mol. The lowest BCUT2D eigenvalue weighted by molar-refractivity contribution is 0.284. The highest BCUT2D eigenvalue weighted by Gasteiger charge is 2.11. The van der Waals surface area contributed by atoms with Gasteiger partial charge in [-0.25, -0.2) is 9.97 Å². The Balaban J connectivity index is 1.41. The summed E-state index contributed by atoms with van der Waals surface area (Å²) in [5.74, 6) is 0.448. The van der Waals surface area contributed by atoms with E-state index < -0.39 is 0 Å². The van der Waals surface area contributed by atoms with E-state index in [0.717, 1.165) is 33.2 Å². The number of benzene rings is 3. The second kappa shape index (κ2) is 9.28. The summed E-state index contributed by atoms with van der Waals surface area (Å²) in [4.78, 5) is 8.43. The Morgan fingerprint density at radius 1 is 0.853 bits per heavy atom. The van der Waals surface area contributed by atoms with Crippen LogP contribution in [0.25, 0.3) is 21.9 Å². The average Bonchev–Trinajstić information content (AvgIpc) is 3.34. The zero-order valence-corrected chi connectivity index (χ0v) is 18.2. The fraction of sp³-hybridized carbons (Fsp3) is 0.0714. The maximum absolute atomic E-state index is 9.75. The van der Waals surface area contributed by atoms with Gasteiger partial charge in [0.1, 0.15) is 12.7 Å². The van der Waals surface area contributed by atoms with Crippen LogP contribution < -0.4 is 4.74 Å². The molecule has 5 rings (SSSR count). The summed E-state index contributed by atoms with van der Waals surface area (Å²) in [6.07, 6.45) is 5.01. The van der Waals surface area contributed by atoms with Crippen LogP contribution in [0.3, 0.4) is 0 Å². The Bertz CT molecular complexity index is 1550. The summed E-state index contributed by atoms with van der Waals surface area (Å²) >= 11 is 0. The van der Waals surface area contributed by atoms with Crippen LogP contribution in [0.15, 0.2) is 91.5 Å². The number of ether oxygens (including phenoxy) is 1. The number of hydrogen-bond donors (Lipinski definition) is 0. The van der Waals surface area contributed by atoms with Gasteiger partial charge in [0, 0.05) is 24.4 Å². The molecule has 34 heavy (non-hydrogen) atoms. The first-order valence-electron chi connectivity index (χ1n) is 10.7. The van der Waals surface area contributed by atoms with Crippen LogP contribution in [0.1, 0.15) is 22.4 Å². The van der Waals surface area contributed by atoms with E-state index in [1.807, 2.05) is 41.0 Å². The molecule has 0 aliphatic heterocycles. The first-order valence-corrected chi connectivity index (χ1v) is 10.7. The van der Waals surface area contributed by atoms with Gasteiger partial charge in [0.05, 0.1) is 35.4 Å². The van der Waals surface area contributed by atoms with Gasteiger partial charge in [0.15, 0.2) is 0 Å². The molecule has 2 heterocycles. The van der Waals surface area contributed by atoms with Crippen LogP contribution in [0.2, 0.25) is 0 Å². The van der Waals surface area contributed by atoms with E-state index in [4.69, 9.17) is 10.00 Å². The molecule has 0 bridgehead atoms. The molecule has 0 N–H and O–H groups in total. The second-order valence-corrected chi connectivity index (χ2v) is 7.82. The number of rotatable bonds is 6. The van der Waals surface area contributed by atoms with Gasteiger partial charge in [-0.1, -0.05) is 48.5 Å². The minimum Gasteiger partial charge on any atom is -0.471 e. The van der Waals surface area contributed by atoms with Crippen LogP contribution in [0.5, 0.6) is 5.88 Å². The molecule has 0 amide bonds. The normalized spacial score (nSPS) is 10.5. The van der Waals surface area contributed by atoms with Crippen molar-refractivity contribution in [3.05, 3.63) is 114 Å². The molecule has 0 aliphatic carbocycles. The fourth-order valence-corrected chi connectivity index (χ4v) is 3.96. The van der Waals surface area contributed by atoms with Gasteiger partial charge in [0.2, 0.25) is 5.88 Å². The number of nitriles is 2. The van der Waals surface area contributed by atoms with Crippen molar-refractivity contribution in [1.82, 2.24) is 14.5 Å². The molecule has 0 radical (unpaired) electrons. The second-order valence-electron chi connectivity index (χ2n) is 7.82. The van der Waals surface area contributed by atoms with Crippen molar-refractivity contribution in [1.29, 1.82) is 10.5 Å². The van der Waals surface area contributed by atoms with E-state index in [-0.39, 0.29) is 0 Å². The first-order chi connectivity index (χ1) is 16.7. The molecular weight excluding hydrogens is 422 g/mol. The lowest BCUT2D eigenvalue weighted by Gasteiger charge is -2.13. The predicted molar refractivity (Wildman–Crippen MR) is 129 cm³/mol. The zero-order chi connectivity index (χ0) is 23.3. The number of nitrogens with zero attached hydrogens (tertiary/aromatic N) is 5. The lowest BCUT2D eigenvalue weighted by atomic mass is 9.93. The summed E-state index contributed by atoms with van der Waals surface area (Å²) in [6.45, 7) is 0.883. The Morgan fingerprint density at radius 2 is 1.74 bits per heavy atom. The van der Waals surface area contributed by atoms with Gasteiger partial charge in [-0.3, -0.25) is 0 Å². The number of aromatic nitrogens is 3. The molecule has 0 saturated heterocycles. The van der Waals surface area contributed by atoms with E-state index in [1.165, 1.54) is 6.20 Å². The van der Waals surface area contributed by atoms with Crippen LogP contribution >= 0.6 is 0 Å². The van der Waals surface area contributed by atoms with Crippen molar-refractivity contribution >= 4 is 10.8 Å². The highest BCUT2D eigenvalue weighted by atomic mass is 16.5. The minimum absolute atomic E-state index is 0.297. The molecule has 5 aromatic rings. The molecule has 0 aliphatic rings. The maximum Gasteiger partial charge on any atom is 0.213 e. The molecule has 6 heteroatoms. The van der Waals surface area contributed by atoms with E-state index in [9.17, 15) is 5.26 Å². The molecule has 162 valence electrons. The summed E-state index contributed by atoms with van der Waals surface area (Å²) in [6, 6.07) is 28.0. The minimum atomic E-state index is 0.297. The first kappa shape index (κ1) is 20.9. The van der Waals surface area contributed by atoms with Crippen molar-refractivity contribution in [2.45, 2.75) is 13.2 Å². The smallest absolute Gasteiger partial charge is 0.213 e. The Labute approximate surface area is 197 Å². The Morgan fingerprint density at radius 3 is 2.56 bits per heavy atom. The summed E-state index contributed by atoms with van der Waals surface area (Å²) in [5.41, 5.74) is 5.02. The van der Waals surface area contributed by atoms with Crippen LogP contribution in [-0.2, 0) is 13.2 Å².